The summed E-state index contributed by atoms with van der Waals surface area (Å²) in [5, 5.41) is 12.8. The summed E-state index contributed by atoms with van der Waals surface area (Å²) in [6.07, 6.45) is 2.67. The molecular formula is C21H22FNO4S. The van der Waals surface area contributed by atoms with Crippen LogP contribution in [0, 0.1) is 5.82 Å². The molecule has 1 aliphatic rings. The lowest BCUT2D eigenvalue weighted by molar-refractivity contribution is -0.139. The summed E-state index contributed by atoms with van der Waals surface area (Å²) < 4.78 is 19.0. The van der Waals surface area contributed by atoms with E-state index in [1.54, 1.807) is 0 Å². The van der Waals surface area contributed by atoms with Crippen LogP contribution >= 0.6 is 11.3 Å². The molecule has 1 saturated heterocycles. The number of rotatable bonds is 7. The van der Waals surface area contributed by atoms with Crippen molar-refractivity contribution in [2.45, 2.75) is 32.2 Å². The highest BCUT2D eigenvalue weighted by Crippen LogP contribution is 2.42. The van der Waals surface area contributed by atoms with Crippen molar-refractivity contribution >= 4 is 28.8 Å². The minimum Gasteiger partial charge on any atom is -0.507 e. The molecule has 2 heterocycles. The number of amides is 1. The molecule has 148 valence electrons. The number of hydrogen-bond acceptors (Lipinski definition) is 5. The van der Waals surface area contributed by atoms with Gasteiger partial charge >= 0.3 is 0 Å². The molecule has 2 aromatic rings. The number of unbranched alkanes of at least 4 members (excludes halogenated alkanes) is 2. The van der Waals surface area contributed by atoms with Crippen LogP contribution in [0.5, 0.6) is 5.75 Å². The third-order valence-electron chi connectivity index (χ3n) is 4.77. The highest BCUT2D eigenvalue weighted by atomic mass is 32.1. The number of carbonyl (C=O) groups excluding carboxylic acids is 2. The van der Waals surface area contributed by atoms with Crippen LogP contribution < -0.4 is 4.74 Å². The van der Waals surface area contributed by atoms with Gasteiger partial charge in [-0.3, -0.25) is 9.59 Å². The van der Waals surface area contributed by atoms with Crippen LogP contribution in [0.4, 0.5) is 4.39 Å². The van der Waals surface area contributed by atoms with E-state index in [-0.39, 0.29) is 16.9 Å². The van der Waals surface area contributed by atoms with Crippen LogP contribution in [0.15, 0.2) is 41.3 Å². The molecule has 1 unspecified atom stereocenters. The lowest BCUT2D eigenvalue weighted by atomic mass is 9.99. The SMILES string of the molecule is CCCCCN1C(=O)C(=O)/C(=C(\O)c2cc(F)ccc2OC)C1c1cccs1. The van der Waals surface area contributed by atoms with Gasteiger partial charge in [0.15, 0.2) is 0 Å². The Morgan fingerprint density at radius 2 is 2.07 bits per heavy atom. The molecule has 1 atom stereocenters. The van der Waals surface area contributed by atoms with Crippen molar-refractivity contribution in [2.24, 2.45) is 0 Å². The van der Waals surface area contributed by atoms with Gasteiger partial charge < -0.3 is 14.7 Å². The van der Waals surface area contributed by atoms with Gasteiger partial charge in [-0.25, -0.2) is 4.39 Å². The van der Waals surface area contributed by atoms with Gasteiger partial charge in [-0.15, -0.1) is 11.3 Å². The van der Waals surface area contributed by atoms with Crippen LogP contribution in [0.25, 0.3) is 5.76 Å². The smallest absolute Gasteiger partial charge is 0.295 e. The predicted octanol–water partition coefficient (Wildman–Crippen LogP) is 4.51. The van der Waals surface area contributed by atoms with Crippen molar-refractivity contribution in [3.63, 3.8) is 0 Å². The number of Topliss-reactive ketones (excluding diaryl/α,β-unsaturated/α-hetero) is 1. The summed E-state index contributed by atoms with van der Waals surface area (Å²) in [6.45, 7) is 2.47. The second-order valence-corrected chi connectivity index (χ2v) is 7.54. The maximum Gasteiger partial charge on any atom is 0.295 e. The van der Waals surface area contributed by atoms with E-state index in [4.69, 9.17) is 4.74 Å². The van der Waals surface area contributed by atoms with Gasteiger partial charge in [0.25, 0.3) is 11.7 Å². The monoisotopic (exact) mass is 403 g/mol. The minimum absolute atomic E-state index is 0.0344. The molecule has 1 amide bonds. The molecule has 0 bridgehead atoms. The Morgan fingerprint density at radius 3 is 2.71 bits per heavy atom. The zero-order valence-electron chi connectivity index (χ0n) is 15.8. The molecule has 7 heteroatoms. The lowest BCUT2D eigenvalue weighted by Crippen LogP contribution is -2.30. The molecule has 1 fully saturated rings. The largest absolute Gasteiger partial charge is 0.507 e. The molecule has 1 aromatic heterocycles. The fourth-order valence-electron chi connectivity index (χ4n) is 3.40. The summed E-state index contributed by atoms with van der Waals surface area (Å²) in [7, 11) is 1.39. The van der Waals surface area contributed by atoms with E-state index in [2.05, 4.69) is 6.92 Å². The first-order chi connectivity index (χ1) is 13.5. The summed E-state index contributed by atoms with van der Waals surface area (Å²) in [6, 6.07) is 6.64. The predicted molar refractivity (Wildman–Crippen MR) is 106 cm³/mol. The van der Waals surface area contributed by atoms with Crippen molar-refractivity contribution < 1.29 is 23.8 Å². The summed E-state index contributed by atoms with van der Waals surface area (Å²) in [4.78, 5) is 27.8. The molecule has 5 nitrogen and oxygen atoms in total. The highest BCUT2D eigenvalue weighted by molar-refractivity contribution is 7.10. The Kier molecular flexibility index (Phi) is 6.14. The van der Waals surface area contributed by atoms with Crippen molar-refractivity contribution in [2.75, 3.05) is 13.7 Å². The molecule has 1 aromatic carbocycles. The number of benzene rings is 1. The zero-order valence-corrected chi connectivity index (χ0v) is 16.6. The number of thiophene rings is 1. The summed E-state index contributed by atoms with van der Waals surface area (Å²) in [5.41, 5.74) is 0.0171. The Balaban J connectivity index is 2.14. The minimum atomic E-state index is -0.765. The molecule has 0 spiro atoms. The first kappa shape index (κ1) is 20.1. The van der Waals surface area contributed by atoms with Gasteiger partial charge in [0.2, 0.25) is 0 Å². The Bertz CT molecular complexity index is 907. The summed E-state index contributed by atoms with van der Waals surface area (Å²) >= 11 is 1.40. The highest BCUT2D eigenvalue weighted by Gasteiger charge is 2.46. The van der Waals surface area contributed by atoms with Gasteiger partial charge in [0, 0.05) is 11.4 Å². The molecule has 1 N–H and O–H groups in total. The molecule has 0 aliphatic carbocycles. The number of nitrogens with zero attached hydrogens (tertiary/aromatic N) is 1. The lowest BCUT2D eigenvalue weighted by Gasteiger charge is -2.24. The molecular weight excluding hydrogens is 381 g/mol. The van der Waals surface area contributed by atoms with E-state index in [9.17, 15) is 19.1 Å². The molecule has 28 heavy (non-hydrogen) atoms. The van der Waals surface area contributed by atoms with Crippen molar-refractivity contribution in [1.82, 2.24) is 4.90 Å². The quantitative estimate of drug-likeness (QED) is 0.320. The topological polar surface area (TPSA) is 66.8 Å². The number of ether oxygens (including phenoxy) is 1. The van der Waals surface area contributed by atoms with Gasteiger partial charge in [0.1, 0.15) is 17.3 Å². The zero-order chi connectivity index (χ0) is 20.3. The van der Waals surface area contributed by atoms with Gasteiger partial charge in [-0.2, -0.15) is 0 Å². The fraction of sp³-hybridized carbons (Fsp3) is 0.333. The number of methoxy groups -OCH3 is 1. The van der Waals surface area contributed by atoms with Gasteiger partial charge in [-0.1, -0.05) is 25.8 Å². The third kappa shape index (κ3) is 3.67. The van der Waals surface area contributed by atoms with Crippen LogP contribution in [0.1, 0.15) is 42.7 Å². The van der Waals surface area contributed by atoms with E-state index in [0.717, 1.165) is 30.2 Å². The van der Waals surface area contributed by atoms with Crippen LogP contribution in [0.2, 0.25) is 0 Å². The second kappa shape index (κ2) is 8.56. The van der Waals surface area contributed by atoms with E-state index in [0.29, 0.717) is 6.54 Å². The van der Waals surface area contributed by atoms with Crippen LogP contribution in [0.3, 0.4) is 0 Å². The van der Waals surface area contributed by atoms with Gasteiger partial charge in [-0.05, 0) is 36.1 Å². The Morgan fingerprint density at radius 1 is 1.29 bits per heavy atom. The molecule has 3 rings (SSSR count). The van der Waals surface area contributed by atoms with E-state index in [1.807, 2.05) is 17.5 Å². The number of carbonyl (C=O) groups is 2. The maximum absolute atomic E-state index is 13.8. The standard InChI is InChI=1S/C21H22FNO4S/c1-3-4-5-10-23-18(16-7-6-11-28-16)17(20(25)21(23)26)19(24)14-12-13(22)8-9-15(14)27-2/h6-9,11-12,18,24H,3-5,10H2,1-2H3/b19-17-. The Labute approximate surface area is 167 Å². The van der Waals surface area contributed by atoms with E-state index < -0.39 is 29.3 Å². The molecule has 1 aliphatic heterocycles. The fourth-order valence-corrected chi connectivity index (χ4v) is 4.24. The first-order valence-electron chi connectivity index (χ1n) is 9.15. The number of hydrogen-bond donors (Lipinski definition) is 1. The van der Waals surface area contributed by atoms with Crippen LogP contribution in [-0.4, -0.2) is 35.4 Å². The number of aliphatic hydroxyl groups excluding tert-OH is 1. The normalized spacial score (nSPS) is 18.7. The third-order valence-corrected chi connectivity index (χ3v) is 5.70. The van der Waals surface area contributed by atoms with E-state index >= 15 is 0 Å². The van der Waals surface area contributed by atoms with Crippen molar-refractivity contribution in [3.8, 4) is 5.75 Å². The van der Waals surface area contributed by atoms with E-state index in [1.165, 1.54) is 35.5 Å². The molecule has 0 radical (unpaired) electrons. The first-order valence-corrected chi connectivity index (χ1v) is 10.0. The second-order valence-electron chi connectivity index (χ2n) is 6.56. The van der Waals surface area contributed by atoms with Crippen molar-refractivity contribution in [1.29, 1.82) is 0 Å². The number of likely N-dealkylation sites (tertiary alicyclic amines) is 1. The van der Waals surface area contributed by atoms with Crippen LogP contribution in [-0.2, 0) is 9.59 Å². The van der Waals surface area contributed by atoms with Gasteiger partial charge in [0.05, 0.1) is 24.3 Å². The Hall–Kier alpha value is -2.67. The number of halogens is 1. The number of ketones is 1. The molecule has 0 saturated carbocycles. The van der Waals surface area contributed by atoms with Crippen molar-refractivity contribution in [3.05, 3.63) is 57.5 Å². The average Bonchev–Trinajstić information content (AvgIpc) is 3.30. The number of aliphatic hydroxyl groups is 1. The maximum atomic E-state index is 13.8. The average molecular weight is 403 g/mol. The summed E-state index contributed by atoms with van der Waals surface area (Å²) in [5.74, 6) is -2.19.